The number of carbonyl (C=O) groups is 1. The summed E-state index contributed by atoms with van der Waals surface area (Å²) in [5, 5.41) is 15.3. The Kier molecular flexibility index (Phi) is 5.22. The minimum Gasteiger partial charge on any atom is -0.396 e. The molecule has 94 valence electrons. The summed E-state index contributed by atoms with van der Waals surface area (Å²) in [6, 6.07) is 0. The molecule has 4 nitrogen and oxygen atoms in total. The number of hydrogen-bond donors (Lipinski definition) is 3. The SMILES string of the molecule is CCC(C)(CCO)NC(=O)C1CCNCC1. The van der Waals surface area contributed by atoms with E-state index in [1.165, 1.54) is 0 Å². The Bertz CT molecular complexity index is 227. The van der Waals surface area contributed by atoms with Crippen LogP contribution >= 0.6 is 0 Å². The molecular weight excluding hydrogens is 204 g/mol. The minimum absolute atomic E-state index is 0.122. The van der Waals surface area contributed by atoms with E-state index in [9.17, 15) is 4.79 Å². The van der Waals surface area contributed by atoms with Crippen molar-refractivity contribution in [3.8, 4) is 0 Å². The number of carbonyl (C=O) groups excluding carboxylic acids is 1. The average molecular weight is 228 g/mol. The van der Waals surface area contributed by atoms with E-state index in [4.69, 9.17) is 5.11 Å². The predicted molar refractivity (Wildman–Crippen MR) is 64.1 cm³/mol. The monoisotopic (exact) mass is 228 g/mol. The van der Waals surface area contributed by atoms with E-state index in [-0.39, 0.29) is 24.0 Å². The van der Waals surface area contributed by atoms with Gasteiger partial charge in [0.2, 0.25) is 5.91 Å². The number of hydrogen-bond acceptors (Lipinski definition) is 3. The molecule has 1 heterocycles. The number of aliphatic hydroxyl groups excluding tert-OH is 1. The van der Waals surface area contributed by atoms with Gasteiger partial charge < -0.3 is 15.7 Å². The lowest BCUT2D eigenvalue weighted by atomic mass is 9.91. The van der Waals surface area contributed by atoms with Crippen molar-refractivity contribution in [2.75, 3.05) is 19.7 Å². The van der Waals surface area contributed by atoms with Crippen LogP contribution < -0.4 is 10.6 Å². The largest absolute Gasteiger partial charge is 0.396 e. The lowest BCUT2D eigenvalue weighted by Gasteiger charge is -2.32. The highest BCUT2D eigenvalue weighted by Crippen LogP contribution is 2.18. The number of rotatable bonds is 5. The maximum Gasteiger partial charge on any atom is 0.223 e. The van der Waals surface area contributed by atoms with Gasteiger partial charge in [0, 0.05) is 18.1 Å². The zero-order chi connectivity index (χ0) is 12.0. The van der Waals surface area contributed by atoms with Crippen LogP contribution in [0.3, 0.4) is 0 Å². The topological polar surface area (TPSA) is 61.4 Å². The summed E-state index contributed by atoms with van der Waals surface area (Å²) in [6.45, 7) is 6.03. The Balaban J connectivity index is 2.47. The van der Waals surface area contributed by atoms with Gasteiger partial charge >= 0.3 is 0 Å². The van der Waals surface area contributed by atoms with Crippen LogP contribution in [0.15, 0.2) is 0 Å². The van der Waals surface area contributed by atoms with Crippen LogP contribution in [-0.2, 0) is 4.79 Å². The third-order valence-electron chi connectivity index (χ3n) is 3.58. The van der Waals surface area contributed by atoms with Crippen LogP contribution in [-0.4, -0.2) is 36.2 Å². The van der Waals surface area contributed by atoms with Crippen LogP contribution in [0, 0.1) is 5.92 Å². The summed E-state index contributed by atoms with van der Waals surface area (Å²) in [5.74, 6) is 0.296. The first-order valence-corrected chi connectivity index (χ1v) is 6.25. The molecule has 1 atom stereocenters. The third kappa shape index (κ3) is 3.76. The Morgan fingerprint density at radius 1 is 1.50 bits per heavy atom. The maximum absolute atomic E-state index is 12.0. The van der Waals surface area contributed by atoms with Gasteiger partial charge in [0.15, 0.2) is 0 Å². The fourth-order valence-corrected chi connectivity index (χ4v) is 2.06. The second-order valence-corrected chi connectivity index (χ2v) is 4.90. The molecule has 0 aromatic rings. The lowest BCUT2D eigenvalue weighted by molar-refractivity contribution is -0.127. The molecule has 0 saturated carbocycles. The molecule has 0 aliphatic carbocycles. The molecule has 4 heteroatoms. The minimum atomic E-state index is -0.253. The molecule has 16 heavy (non-hydrogen) atoms. The van der Waals surface area contributed by atoms with E-state index >= 15 is 0 Å². The van der Waals surface area contributed by atoms with Gasteiger partial charge in [-0.05, 0) is 45.7 Å². The van der Waals surface area contributed by atoms with Crippen molar-refractivity contribution in [2.24, 2.45) is 5.92 Å². The van der Waals surface area contributed by atoms with Crippen molar-refractivity contribution in [2.45, 2.75) is 45.1 Å². The molecule has 0 aromatic heterocycles. The van der Waals surface area contributed by atoms with Crippen molar-refractivity contribution in [3.63, 3.8) is 0 Å². The van der Waals surface area contributed by atoms with Gasteiger partial charge in [-0.3, -0.25) is 4.79 Å². The number of nitrogens with one attached hydrogen (secondary N) is 2. The number of aliphatic hydroxyl groups is 1. The highest BCUT2D eigenvalue weighted by atomic mass is 16.3. The number of piperidine rings is 1. The normalized spacial score (nSPS) is 21.4. The molecule has 1 unspecified atom stereocenters. The highest BCUT2D eigenvalue weighted by Gasteiger charge is 2.28. The average Bonchev–Trinajstić information content (AvgIpc) is 2.30. The van der Waals surface area contributed by atoms with E-state index in [2.05, 4.69) is 10.6 Å². The lowest BCUT2D eigenvalue weighted by Crippen LogP contribution is -2.50. The van der Waals surface area contributed by atoms with Gasteiger partial charge in [-0.1, -0.05) is 6.92 Å². The molecule has 1 saturated heterocycles. The molecular formula is C12H24N2O2. The Labute approximate surface area is 97.8 Å². The summed E-state index contributed by atoms with van der Waals surface area (Å²) in [5.41, 5.74) is -0.253. The first kappa shape index (κ1) is 13.5. The Morgan fingerprint density at radius 2 is 2.12 bits per heavy atom. The van der Waals surface area contributed by atoms with Crippen molar-refractivity contribution >= 4 is 5.91 Å². The smallest absolute Gasteiger partial charge is 0.223 e. The first-order valence-electron chi connectivity index (χ1n) is 6.25. The van der Waals surface area contributed by atoms with Crippen LogP contribution in [0.2, 0.25) is 0 Å². The molecule has 1 aliphatic heterocycles. The summed E-state index contributed by atoms with van der Waals surface area (Å²) in [6.07, 6.45) is 3.32. The van der Waals surface area contributed by atoms with Crippen molar-refractivity contribution in [1.29, 1.82) is 0 Å². The van der Waals surface area contributed by atoms with Crippen molar-refractivity contribution in [1.82, 2.24) is 10.6 Å². The van der Waals surface area contributed by atoms with Crippen molar-refractivity contribution in [3.05, 3.63) is 0 Å². The van der Waals surface area contributed by atoms with Gasteiger partial charge in [0.1, 0.15) is 0 Å². The first-order chi connectivity index (χ1) is 7.61. The molecule has 1 amide bonds. The molecule has 1 rings (SSSR count). The molecule has 1 aliphatic rings. The quantitative estimate of drug-likeness (QED) is 0.647. The zero-order valence-corrected chi connectivity index (χ0v) is 10.4. The van der Waals surface area contributed by atoms with E-state index < -0.39 is 0 Å². The molecule has 0 aromatic carbocycles. The van der Waals surface area contributed by atoms with E-state index in [0.717, 1.165) is 32.4 Å². The van der Waals surface area contributed by atoms with Crippen LogP contribution in [0.1, 0.15) is 39.5 Å². The maximum atomic E-state index is 12.0. The van der Waals surface area contributed by atoms with Crippen LogP contribution in [0.5, 0.6) is 0 Å². The molecule has 0 radical (unpaired) electrons. The van der Waals surface area contributed by atoms with Crippen molar-refractivity contribution < 1.29 is 9.90 Å². The zero-order valence-electron chi connectivity index (χ0n) is 10.4. The van der Waals surface area contributed by atoms with Crippen LogP contribution in [0.25, 0.3) is 0 Å². The molecule has 1 fully saturated rings. The van der Waals surface area contributed by atoms with Gasteiger partial charge in [-0.25, -0.2) is 0 Å². The van der Waals surface area contributed by atoms with Gasteiger partial charge in [-0.15, -0.1) is 0 Å². The third-order valence-corrected chi connectivity index (χ3v) is 3.58. The Morgan fingerprint density at radius 3 is 2.62 bits per heavy atom. The predicted octanol–water partition coefficient (Wildman–Crippen LogP) is 0.653. The summed E-state index contributed by atoms with van der Waals surface area (Å²) in [7, 11) is 0. The highest BCUT2D eigenvalue weighted by molar-refractivity contribution is 5.79. The number of amides is 1. The van der Waals surface area contributed by atoms with E-state index in [0.29, 0.717) is 6.42 Å². The fraction of sp³-hybridized carbons (Fsp3) is 0.917. The fourth-order valence-electron chi connectivity index (χ4n) is 2.06. The second kappa shape index (κ2) is 6.21. The standard InChI is InChI=1S/C12H24N2O2/c1-3-12(2,6-9-15)14-11(16)10-4-7-13-8-5-10/h10,13,15H,3-9H2,1-2H3,(H,14,16). The summed E-state index contributed by atoms with van der Waals surface area (Å²) >= 11 is 0. The van der Waals surface area contributed by atoms with Gasteiger partial charge in [0.05, 0.1) is 0 Å². The van der Waals surface area contributed by atoms with E-state index in [1.807, 2.05) is 13.8 Å². The summed E-state index contributed by atoms with van der Waals surface area (Å²) < 4.78 is 0. The Hall–Kier alpha value is -0.610. The van der Waals surface area contributed by atoms with Gasteiger partial charge in [-0.2, -0.15) is 0 Å². The van der Waals surface area contributed by atoms with Gasteiger partial charge in [0.25, 0.3) is 0 Å². The van der Waals surface area contributed by atoms with E-state index in [1.54, 1.807) is 0 Å². The summed E-state index contributed by atoms with van der Waals surface area (Å²) in [4.78, 5) is 12.0. The molecule has 0 bridgehead atoms. The second-order valence-electron chi connectivity index (χ2n) is 4.90. The molecule has 3 N–H and O–H groups in total. The molecule has 0 spiro atoms. The van der Waals surface area contributed by atoms with Crippen LogP contribution in [0.4, 0.5) is 0 Å².